The van der Waals surface area contributed by atoms with E-state index in [4.69, 9.17) is 0 Å². The Bertz CT molecular complexity index is 933. The first-order valence-electron chi connectivity index (χ1n) is 10.2. The molecule has 5 heteroatoms. The number of benzene rings is 2. The number of anilines is 1. The number of aryl methyl sites for hydroxylation is 2. The van der Waals surface area contributed by atoms with E-state index < -0.39 is 0 Å². The Hall–Kier alpha value is -2.95. The molecule has 1 aliphatic rings. The highest BCUT2D eigenvalue weighted by atomic mass is 16.1. The van der Waals surface area contributed by atoms with Gasteiger partial charge in [0.15, 0.2) is 5.82 Å². The first-order chi connectivity index (χ1) is 13.8. The molecule has 0 saturated heterocycles. The van der Waals surface area contributed by atoms with Crippen molar-refractivity contribution in [3.05, 3.63) is 66.0 Å². The van der Waals surface area contributed by atoms with Gasteiger partial charge in [-0.1, -0.05) is 48.9 Å². The SMILES string of the molecule is O=C(CCCc1ccccc1)Nc1cccc(-c2nnc3n2CCCCC3)c1. The summed E-state index contributed by atoms with van der Waals surface area (Å²) >= 11 is 0. The van der Waals surface area contributed by atoms with E-state index in [1.165, 1.54) is 18.4 Å². The van der Waals surface area contributed by atoms with E-state index in [0.29, 0.717) is 6.42 Å². The smallest absolute Gasteiger partial charge is 0.224 e. The van der Waals surface area contributed by atoms with Crippen LogP contribution in [0.5, 0.6) is 0 Å². The molecule has 0 radical (unpaired) electrons. The van der Waals surface area contributed by atoms with Gasteiger partial charge in [-0.3, -0.25) is 4.79 Å². The van der Waals surface area contributed by atoms with E-state index in [1.807, 2.05) is 42.5 Å². The van der Waals surface area contributed by atoms with Crippen LogP contribution < -0.4 is 5.32 Å². The zero-order chi connectivity index (χ0) is 19.2. The molecule has 0 unspecified atom stereocenters. The molecular weight excluding hydrogens is 348 g/mol. The highest BCUT2D eigenvalue weighted by Gasteiger charge is 2.16. The van der Waals surface area contributed by atoms with Crippen LogP contribution in [0.1, 0.15) is 43.5 Å². The van der Waals surface area contributed by atoms with Gasteiger partial charge in [0.2, 0.25) is 5.91 Å². The predicted molar refractivity (Wildman–Crippen MR) is 111 cm³/mol. The number of hydrogen-bond acceptors (Lipinski definition) is 3. The van der Waals surface area contributed by atoms with E-state index in [-0.39, 0.29) is 5.91 Å². The zero-order valence-corrected chi connectivity index (χ0v) is 16.1. The summed E-state index contributed by atoms with van der Waals surface area (Å²) < 4.78 is 2.23. The fourth-order valence-electron chi connectivity index (χ4n) is 3.76. The van der Waals surface area contributed by atoms with Gasteiger partial charge in [-0.05, 0) is 43.4 Å². The third kappa shape index (κ3) is 4.47. The van der Waals surface area contributed by atoms with E-state index in [0.717, 1.165) is 55.1 Å². The second-order valence-electron chi connectivity index (χ2n) is 7.37. The average Bonchev–Trinajstić information content (AvgIpc) is 2.97. The molecule has 0 fully saturated rings. The van der Waals surface area contributed by atoms with Crippen LogP contribution >= 0.6 is 0 Å². The van der Waals surface area contributed by atoms with Gasteiger partial charge in [0.25, 0.3) is 0 Å². The number of carbonyl (C=O) groups is 1. The third-order valence-electron chi connectivity index (χ3n) is 5.23. The maximum absolute atomic E-state index is 12.3. The van der Waals surface area contributed by atoms with Crippen LogP contribution in [0.15, 0.2) is 54.6 Å². The van der Waals surface area contributed by atoms with Crippen molar-refractivity contribution in [1.29, 1.82) is 0 Å². The number of carbonyl (C=O) groups excluding carboxylic acids is 1. The molecule has 2 aromatic carbocycles. The molecular formula is C23H26N4O. The summed E-state index contributed by atoms with van der Waals surface area (Å²) in [6.07, 6.45) is 6.84. The van der Waals surface area contributed by atoms with Crippen LogP contribution in [0, 0.1) is 0 Å². The minimum atomic E-state index is 0.0492. The van der Waals surface area contributed by atoms with Crippen LogP contribution in [-0.2, 0) is 24.2 Å². The molecule has 1 aromatic heterocycles. The van der Waals surface area contributed by atoms with Gasteiger partial charge in [-0.15, -0.1) is 10.2 Å². The van der Waals surface area contributed by atoms with Crippen molar-refractivity contribution in [2.75, 3.05) is 5.32 Å². The monoisotopic (exact) mass is 374 g/mol. The van der Waals surface area contributed by atoms with Crippen LogP contribution in [0.2, 0.25) is 0 Å². The first-order valence-corrected chi connectivity index (χ1v) is 10.2. The molecule has 2 heterocycles. The molecule has 3 aromatic rings. The summed E-state index contributed by atoms with van der Waals surface area (Å²) in [7, 11) is 0. The Balaban J connectivity index is 1.39. The fraction of sp³-hybridized carbons (Fsp3) is 0.348. The maximum atomic E-state index is 12.3. The average molecular weight is 374 g/mol. The summed E-state index contributed by atoms with van der Waals surface area (Å²) in [5.74, 6) is 2.02. The minimum Gasteiger partial charge on any atom is -0.326 e. The van der Waals surface area contributed by atoms with Crippen LogP contribution in [-0.4, -0.2) is 20.7 Å². The predicted octanol–water partition coefficient (Wildman–Crippen LogP) is 4.63. The van der Waals surface area contributed by atoms with Gasteiger partial charge >= 0.3 is 0 Å². The number of aromatic nitrogens is 3. The molecule has 0 aliphatic carbocycles. The first kappa shape index (κ1) is 18.4. The number of hydrogen-bond donors (Lipinski definition) is 1. The lowest BCUT2D eigenvalue weighted by molar-refractivity contribution is -0.116. The van der Waals surface area contributed by atoms with Crippen molar-refractivity contribution in [1.82, 2.24) is 14.8 Å². The van der Waals surface area contributed by atoms with Gasteiger partial charge in [-0.2, -0.15) is 0 Å². The molecule has 0 spiro atoms. The Kier molecular flexibility index (Phi) is 5.80. The number of fused-ring (bicyclic) bond motifs is 1. The van der Waals surface area contributed by atoms with Crippen molar-refractivity contribution in [2.45, 2.75) is 51.5 Å². The Morgan fingerprint density at radius 3 is 2.79 bits per heavy atom. The van der Waals surface area contributed by atoms with Gasteiger partial charge in [0.1, 0.15) is 5.82 Å². The quantitative estimate of drug-likeness (QED) is 0.684. The molecule has 0 saturated carbocycles. The van der Waals surface area contributed by atoms with E-state index in [2.05, 4.69) is 32.2 Å². The normalized spacial score (nSPS) is 13.6. The number of rotatable bonds is 6. The van der Waals surface area contributed by atoms with Crippen molar-refractivity contribution in [3.8, 4) is 11.4 Å². The van der Waals surface area contributed by atoms with Gasteiger partial charge in [0.05, 0.1) is 0 Å². The molecule has 144 valence electrons. The standard InChI is InChI=1S/C23H26N4O/c28-22(15-7-11-18-9-3-1-4-10-18)24-20-13-8-12-19(17-20)23-26-25-21-14-5-2-6-16-27(21)23/h1,3-4,8-10,12-13,17H,2,5-7,11,14-16H2,(H,24,28). The summed E-state index contributed by atoms with van der Waals surface area (Å²) in [5, 5.41) is 11.8. The summed E-state index contributed by atoms with van der Waals surface area (Å²) in [4.78, 5) is 12.3. The van der Waals surface area contributed by atoms with Crippen LogP contribution in [0.25, 0.3) is 11.4 Å². The lowest BCUT2D eigenvalue weighted by Crippen LogP contribution is -2.11. The largest absolute Gasteiger partial charge is 0.326 e. The molecule has 0 atom stereocenters. The van der Waals surface area contributed by atoms with Crippen molar-refractivity contribution in [3.63, 3.8) is 0 Å². The molecule has 1 amide bonds. The second kappa shape index (κ2) is 8.83. The summed E-state index contributed by atoms with van der Waals surface area (Å²) in [5.41, 5.74) is 3.08. The highest BCUT2D eigenvalue weighted by Crippen LogP contribution is 2.25. The topological polar surface area (TPSA) is 59.8 Å². The number of nitrogens with one attached hydrogen (secondary N) is 1. The molecule has 4 rings (SSSR count). The Labute approximate surface area is 165 Å². The second-order valence-corrected chi connectivity index (χ2v) is 7.37. The van der Waals surface area contributed by atoms with Gasteiger partial charge < -0.3 is 9.88 Å². The van der Waals surface area contributed by atoms with Crippen molar-refractivity contribution in [2.24, 2.45) is 0 Å². The molecule has 28 heavy (non-hydrogen) atoms. The highest BCUT2D eigenvalue weighted by molar-refractivity contribution is 5.91. The number of nitrogens with zero attached hydrogens (tertiary/aromatic N) is 3. The fourth-order valence-corrected chi connectivity index (χ4v) is 3.76. The summed E-state index contributed by atoms with van der Waals surface area (Å²) in [6.45, 7) is 0.966. The maximum Gasteiger partial charge on any atom is 0.224 e. The number of amides is 1. The lowest BCUT2D eigenvalue weighted by Gasteiger charge is -2.09. The summed E-state index contributed by atoms with van der Waals surface area (Å²) in [6, 6.07) is 18.2. The molecule has 0 bridgehead atoms. The molecule has 5 nitrogen and oxygen atoms in total. The third-order valence-corrected chi connectivity index (χ3v) is 5.23. The van der Waals surface area contributed by atoms with Crippen LogP contribution in [0.4, 0.5) is 5.69 Å². The van der Waals surface area contributed by atoms with E-state index >= 15 is 0 Å². The van der Waals surface area contributed by atoms with E-state index in [1.54, 1.807) is 0 Å². The van der Waals surface area contributed by atoms with Gasteiger partial charge in [-0.25, -0.2) is 0 Å². The van der Waals surface area contributed by atoms with Crippen molar-refractivity contribution < 1.29 is 4.79 Å². The zero-order valence-electron chi connectivity index (χ0n) is 16.1. The van der Waals surface area contributed by atoms with Crippen molar-refractivity contribution >= 4 is 11.6 Å². The Morgan fingerprint density at radius 1 is 1.00 bits per heavy atom. The Morgan fingerprint density at radius 2 is 1.89 bits per heavy atom. The molecule has 1 aliphatic heterocycles. The molecule has 1 N–H and O–H groups in total. The lowest BCUT2D eigenvalue weighted by atomic mass is 10.1. The van der Waals surface area contributed by atoms with Gasteiger partial charge in [0, 0.05) is 30.6 Å². The van der Waals surface area contributed by atoms with Crippen LogP contribution in [0.3, 0.4) is 0 Å². The van der Waals surface area contributed by atoms with E-state index in [9.17, 15) is 4.79 Å². The minimum absolute atomic E-state index is 0.0492.